The van der Waals surface area contributed by atoms with Gasteiger partial charge in [0.15, 0.2) is 0 Å². The number of ether oxygens (including phenoxy) is 1. The number of guanidine groups is 1. The van der Waals surface area contributed by atoms with E-state index in [1.807, 2.05) is 0 Å². The minimum atomic E-state index is 0.366. The summed E-state index contributed by atoms with van der Waals surface area (Å²) in [7, 11) is 0. The molecule has 1 saturated carbocycles. The largest absolute Gasteiger partial charge is 0.374 e. The van der Waals surface area contributed by atoms with Gasteiger partial charge in [0, 0.05) is 13.1 Å². The standard InChI is InChI=1S/C13H26N4O/c1-10(2)9-15-13(16-14)17-7-8-18-12-6-4-3-5-11(12)17/h10-12H,3-9,14H2,1-2H3,(H,15,16). The van der Waals surface area contributed by atoms with Crippen LogP contribution < -0.4 is 11.3 Å². The van der Waals surface area contributed by atoms with E-state index in [2.05, 4.69) is 29.2 Å². The summed E-state index contributed by atoms with van der Waals surface area (Å²) in [4.78, 5) is 6.92. The maximum atomic E-state index is 5.87. The zero-order valence-corrected chi connectivity index (χ0v) is 11.6. The highest BCUT2D eigenvalue weighted by molar-refractivity contribution is 5.80. The van der Waals surface area contributed by atoms with Crippen LogP contribution >= 0.6 is 0 Å². The summed E-state index contributed by atoms with van der Waals surface area (Å²) in [6, 6.07) is 0.453. The Morgan fingerprint density at radius 2 is 2.22 bits per heavy atom. The van der Waals surface area contributed by atoms with Crippen molar-refractivity contribution in [2.75, 3.05) is 19.7 Å². The summed E-state index contributed by atoms with van der Waals surface area (Å²) < 4.78 is 5.87. The Hall–Kier alpha value is -0.810. The zero-order valence-electron chi connectivity index (χ0n) is 11.6. The molecule has 2 fully saturated rings. The fourth-order valence-electron chi connectivity index (χ4n) is 2.85. The first-order chi connectivity index (χ1) is 8.72. The molecule has 0 aromatic carbocycles. The molecule has 2 atom stereocenters. The Morgan fingerprint density at radius 1 is 1.44 bits per heavy atom. The molecule has 1 heterocycles. The molecule has 0 spiro atoms. The Morgan fingerprint density at radius 3 is 2.94 bits per heavy atom. The van der Waals surface area contributed by atoms with Gasteiger partial charge in [-0.05, 0) is 18.8 Å². The van der Waals surface area contributed by atoms with Crippen molar-refractivity contribution in [1.29, 1.82) is 0 Å². The molecule has 104 valence electrons. The van der Waals surface area contributed by atoms with Crippen LogP contribution in [0.4, 0.5) is 0 Å². The van der Waals surface area contributed by atoms with Crippen molar-refractivity contribution in [2.45, 2.75) is 51.7 Å². The number of aliphatic imine (C=N–C) groups is 1. The van der Waals surface area contributed by atoms with Gasteiger partial charge < -0.3 is 9.64 Å². The number of fused-ring (bicyclic) bond motifs is 1. The van der Waals surface area contributed by atoms with Crippen molar-refractivity contribution in [3.8, 4) is 0 Å². The number of morpholine rings is 1. The molecule has 0 bridgehead atoms. The first-order valence-corrected chi connectivity index (χ1v) is 7.11. The minimum absolute atomic E-state index is 0.366. The Kier molecular flexibility index (Phi) is 4.83. The Bertz CT molecular complexity index is 291. The fraction of sp³-hybridized carbons (Fsp3) is 0.923. The SMILES string of the molecule is CC(C)CN=C(NN)N1CCOC2CCCCC21. The van der Waals surface area contributed by atoms with E-state index in [1.54, 1.807) is 0 Å². The lowest BCUT2D eigenvalue weighted by Crippen LogP contribution is -2.59. The van der Waals surface area contributed by atoms with Gasteiger partial charge in [-0.25, -0.2) is 5.84 Å². The second kappa shape index (κ2) is 6.38. The lowest BCUT2D eigenvalue weighted by atomic mass is 9.90. The van der Waals surface area contributed by atoms with Crippen LogP contribution in [-0.2, 0) is 4.74 Å². The highest BCUT2D eigenvalue weighted by atomic mass is 16.5. The molecule has 18 heavy (non-hydrogen) atoms. The molecule has 1 aliphatic carbocycles. The summed E-state index contributed by atoms with van der Waals surface area (Å²) in [6.45, 7) is 6.82. The zero-order chi connectivity index (χ0) is 13.0. The smallest absolute Gasteiger partial charge is 0.208 e. The van der Waals surface area contributed by atoms with Gasteiger partial charge in [-0.3, -0.25) is 10.4 Å². The van der Waals surface area contributed by atoms with Crippen LogP contribution in [-0.4, -0.2) is 42.7 Å². The number of nitrogens with one attached hydrogen (secondary N) is 1. The van der Waals surface area contributed by atoms with Crippen molar-refractivity contribution in [1.82, 2.24) is 10.3 Å². The number of hydrogen-bond acceptors (Lipinski definition) is 3. The Labute approximate surface area is 110 Å². The lowest BCUT2D eigenvalue weighted by Gasteiger charge is -2.44. The molecule has 0 aromatic heterocycles. The number of rotatable bonds is 2. The second-order valence-corrected chi connectivity index (χ2v) is 5.66. The number of nitrogens with two attached hydrogens (primary N) is 1. The van der Waals surface area contributed by atoms with Crippen molar-refractivity contribution < 1.29 is 4.74 Å². The molecule has 0 aromatic rings. The molecular formula is C13H26N4O. The van der Waals surface area contributed by atoms with Crippen LogP contribution in [0.1, 0.15) is 39.5 Å². The quantitative estimate of drug-likeness (QED) is 0.335. The summed E-state index contributed by atoms with van der Waals surface area (Å²) in [6.07, 6.45) is 5.29. The van der Waals surface area contributed by atoms with Crippen molar-refractivity contribution in [3.63, 3.8) is 0 Å². The van der Waals surface area contributed by atoms with E-state index in [0.29, 0.717) is 18.1 Å². The van der Waals surface area contributed by atoms with E-state index in [0.717, 1.165) is 25.7 Å². The van der Waals surface area contributed by atoms with E-state index in [4.69, 9.17) is 10.6 Å². The fourth-order valence-corrected chi connectivity index (χ4v) is 2.85. The molecule has 2 rings (SSSR count). The number of hydrazine groups is 1. The topological polar surface area (TPSA) is 62.9 Å². The highest BCUT2D eigenvalue weighted by Gasteiger charge is 2.35. The molecular weight excluding hydrogens is 228 g/mol. The molecule has 2 aliphatic rings. The third-order valence-electron chi connectivity index (χ3n) is 3.74. The van der Waals surface area contributed by atoms with Gasteiger partial charge in [-0.1, -0.05) is 26.7 Å². The van der Waals surface area contributed by atoms with Gasteiger partial charge in [0.2, 0.25) is 5.96 Å². The molecule has 1 saturated heterocycles. The van der Waals surface area contributed by atoms with Crippen molar-refractivity contribution in [2.24, 2.45) is 16.8 Å². The van der Waals surface area contributed by atoms with Crippen LogP contribution in [0.3, 0.4) is 0 Å². The summed E-state index contributed by atoms with van der Waals surface area (Å²) in [5, 5.41) is 0. The van der Waals surface area contributed by atoms with Crippen LogP contribution in [0.15, 0.2) is 4.99 Å². The van der Waals surface area contributed by atoms with Crippen molar-refractivity contribution >= 4 is 5.96 Å². The third kappa shape index (κ3) is 3.14. The first-order valence-electron chi connectivity index (χ1n) is 7.11. The first kappa shape index (κ1) is 13.6. The van der Waals surface area contributed by atoms with Gasteiger partial charge >= 0.3 is 0 Å². The summed E-state index contributed by atoms with van der Waals surface area (Å²) in [5.41, 5.74) is 2.78. The normalized spacial score (nSPS) is 29.3. The maximum absolute atomic E-state index is 5.87. The highest BCUT2D eigenvalue weighted by Crippen LogP contribution is 2.28. The third-order valence-corrected chi connectivity index (χ3v) is 3.74. The van der Waals surface area contributed by atoms with Crippen LogP contribution in [0.5, 0.6) is 0 Å². The van der Waals surface area contributed by atoms with E-state index < -0.39 is 0 Å². The van der Waals surface area contributed by atoms with Gasteiger partial charge in [0.05, 0.1) is 18.8 Å². The molecule has 2 unspecified atom stereocenters. The predicted molar refractivity (Wildman–Crippen MR) is 73.2 cm³/mol. The average Bonchev–Trinajstić information content (AvgIpc) is 2.39. The number of hydrogen-bond donors (Lipinski definition) is 2. The molecule has 1 aliphatic heterocycles. The number of nitrogens with zero attached hydrogens (tertiary/aromatic N) is 2. The van der Waals surface area contributed by atoms with E-state index in [-0.39, 0.29) is 0 Å². The predicted octanol–water partition coefficient (Wildman–Crippen LogP) is 1.11. The van der Waals surface area contributed by atoms with Crippen LogP contribution in [0.25, 0.3) is 0 Å². The van der Waals surface area contributed by atoms with Crippen LogP contribution in [0, 0.1) is 5.92 Å². The molecule has 5 heteroatoms. The molecule has 5 nitrogen and oxygen atoms in total. The summed E-state index contributed by atoms with van der Waals surface area (Å²) >= 11 is 0. The van der Waals surface area contributed by atoms with E-state index in [9.17, 15) is 0 Å². The molecule has 3 N–H and O–H groups in total. The van der Waals surface area contributed by atoms with E-state index >= 15 is 0 Å². The van der Waals surface area contributed by atoms with Crippen molar-refractivity contribution in [3.05, 3.63) is 0 Å². The van der Waals surface area contributed by atoms with Crippen LogP contribution in [0.2, 0.25) is 0 Å². The minimum Gasteiger partial charge on any atom is -0.374 e. The molecule has 0 amide bonds. The van der Waals surface area contributed by atoms with E-state index in [1.165, 1.54) is 25.7 Å². The maximum Gasteiger partial charge on any atom is 0.208 e. The monoisotopic (exact) mass is 254 g/mol. The van der Waals surface area contributed by atoms with Gasteiger partial charge in [0.25, 0.3) is 0 Å². The molecule has 0 radical (unpaired) electrons. The summed E-state index contributed by atoms with van der Waals surface area (Å²) in [5.74, 6) is 7.04. The Balaban J connectivity index is 2.05. The second-order valence-electron chi connectivity index (χ2n) is 5.66. The average molecular weight is 254 g/mol. The van der Waals surface area contributed by atoms with Gasteiger partial charge in [-0.15, -0.1) is 0 Å². The lowest BCUT2D eigenvalue weighted by molar-refractivity contribution is -0.0648. The van der Waals surface area contributed by atoms with Gasteiger partial charge in [0.1, 0.15) is 0 Å². The van der Waals surface area contributed by atoms with Gasteiger partial charge in [-0.2, -0.15) is 0 Å².